The molecule has 19 heavy (non-hydrogen) atoms. The van der Waals surface area contributed by atoms with Crippen LogP contribution >= 0.6 is 0 Å². The van der Waals surface area contributed by atoms with Crippen molar-refractivity contribution in [3.05, 3.63) is 66.2 Å². The van der Waals surface area contributed by atoms with Crippen molar-refractivity contribution < 1.29 is 9.53 Å². The molecule has 0 amide bonds. The van der Waals surface area contributed by atoms with E-state index >= 15 is 0 Å². The van der Waals surface area contributed by atoms with E-state index in [1.807, 2.05) is 64.1 Å². The van der Waals surface area contributed by atoms with Crippen molar-refractivity contribution >= 4 is 5.97 Å². The summed E-state index contributed by atoms with van der Waals surface area (Å²) in [6.45, 7) is 8.00. The fourth-order valence-corrected chi connectivity index (χ4v) is 1.23. The quantitative estimate of drug-likeness (QED) is 0.562. The highest BCUT2D eigenvalue weighted by Crippen LogP contribution is 2.11. The van der Waals surface area contributed by atoms with Gasteiger partial charge >= 0.3 is 5.97 Å². The highest BCUT2D eigenvalue weighted by molar-refractivity contribution is 5.90. The zero-order chi connectivity index (χ0) is 14.5. The minimum Gasteiger partial charge on any atom is -0.423 e. The molecule has 0 saturated heterocycles. The van der Waals surface area contributed by atoms with Crippen LogP contribution in [-0.4, -0.2) is 5.97 Å². The van der Waals surface area contributed by atoms with Crippen molar-refractivity contribution in [1.82, 2.24) is 0 Å². The molecule has 102 valence electrons. The lowest BCUT2D eigenvalue weighted by atomic mass is 10.2. The third-order valence-electron chi connectivity index (χ3n) is 1.96. The molecule has 2 rings (SSSR count). The first-order valence-electron chi connectivity index (χ1n) is 6.68. The van der Waals surface area contributed by atoms with Crippen LogP contribution in [0, 0.1) is 0 Å². The lowest BCUT2D eigenvalue weighted by Crippen LogP contribution is -2.07. The number of hydrogen-bond acceptors (Lipinski definition) is 2. The Bertz CT molecular complexity index is 435. The molecule has 0 bridgehead atoms. The summed E-state index contributed by atoms with van der Waals surface area (Å²) in [5.41, 5.74) is 0.557. The van der Waals surface area contributed by atoms with Crippen LogP contribution in [0.3, 0.4) is 0 Å². The molecular formula is C17H22O2. The number of benzene rings is 2. The monoisotopic (exact) mass is 258 g/mol. The Labute approximate surface area is 116 Å². The lowest BCUT2D eigenvalue weighted by Gasteiger charge is -2.02. The molecule has 0 unspecified atom stereocenters. The second-order valence-corrected chi connectivity index (χ2v) is 3.07. The fraction of sp³-hybridized carbons (Fsp3) is 0.235. The second kappa shape index (κ2) is 11.0. The third kappa shape index (κ3) is 6.41. The fourth-order valence-electron chi connectivity index (χ4n) is 1.23. The van der Waals surface area contributed by atoms with Crippen LogP contribution in [0.4, 0.5) is 0 Å². The highest BCUT2D eigenvalue weighted by atomic mass is 16.5. The summed E-state index contributed by atoms with van der Waals surface area (Å²) < 4.78 is 5.16. The van der Waals surface area contributed by atoms with E-state index < -0.39 is 0 Å². The summed E-state index contributed by atoms with van der Waals surface area (Å²) in [7, 11) is 0. The molecule has 2 aromatic rings. The Balaban J connectivity index is 0.000000741. The number of carbonyl (C=O) groups excluding carboxylic acids is 1. The summed E-state index contributed by atoms with van der Waals surface area (Å²) in [4.78, 5) is 11.6. The molecule has 0 aromatic heterocycles. The SMILES string of the molecule is CC.CC.O=C(Oc1ccccc1)c1ccccc1. The van der Waals surface area contributed by atoms with Gasteiger partial charge in [0.25, 0.3) is 0 Å². The number of hydrogen-bond donors (Lipinski definition) is 0. The van der Waals surface area contributed by atoms with Crippen LogP contribution < -0.4 is 4.74 Å². The maximum atomic E-state index is 11.6. The Kier molecular flexibility index (Phi) is 9.81. The van der Waals surface area contributed by atoms with Crippen molar-refractivity contribution in [2.45, 2.75) is 27.7 Å². The Morgan fingerprint density at radius 2 is 1.16 bits per heavy atom. The van der Waals surface area contributed by atoms with E-state index in [4.69, 9.17) is 4.74 Å². The molecule has 0 heterocycles. The van der Waals surface area contributed by atoms with Gasteiger partial charge in [-0.05, 0) is 24.3 Å². The van der Waals surface area contributed by atoms with E-state index in [0.717, 1.165) is 0 Å². The first-order chi connectivity index (χ1) is 9.36. The Hall–Kier alpha value is -2.09. The van der Waals surface area contributed by atoms with Crippen LogP contribution in [0.15, 0.2) is 60.7 Å². The van der Waals surface area contributed by atoms with E-state index in [0.29, 0.717) is 11.3 Å². The topological polar surface area (TPSA) is 26.3 Å². The van der Waals surface area contributed by atoms with Gasteiger partial charge < -0.3 is 4.74 Å². The minimum absolute atomic E-state index is 0.332. The van der Waals surface area contributed by atoms with Gasteiger partial charge in [0, 0.05) is 0 Å². The van der Waals surface area contributed by atoms with Gasteiger partial charge in [-0.1, -0.05) is 64.1 Å². The van der Waals surface area contributed by atoms with E-state index in [1.165, 1.54) is 0 Å². The van der Waals surface area contributed by atoms with Gasteiger partial charge in [-0.2, -0.15) is 0 Å². The summed E-state index contributed by atoms with van der Waals surface area (Å²) in [5.74, 6) is 0.230. The maximum absolute atomic E-state index is 11.6. The standard InChI is InChI=1S/C13H10O2.2C2H6/c14-13(11-7-3-1-4-8-11)15-12-9-5-2-6-10-12;2*1-2/h1-10H;2*1-2H3. The molecule has 0 aliphatic carbocycles. The van der Waals surface area contributed by atoms with Gasteiger partial charge in [-0.25, -0.2) is 4.79 Å². The average molecular weight is 258 g/mol. The molecule has 2 heteroatoms. The Morgan fingerprint density at radius 3 is 1.63 bits per heavy atom. The first-order valence-corrected chi connectivity index (χ1v) is 6.68. The van der Waals surface area contributed by atoms with Gasteiger partial charge in [0.2, 0.25) is 0 Å². The molecule has 0 aliphatic rings. The average Bonchev–Trinajstić information content (AvgIpc) is 2.53. The Morgan fingerprint density at radius 1 is 0.737 bits per heavy atom. The first kappa shape index (κ1) is 16.9. The van der Waals surface area contributed by atoms with Crippen LogP contribution in [0.2, 0.25) is 0 Å². The summed E-state index contributed by atoms with van der Waals surface area (Å²) in [5, 5.41) is 0. The number of ether oxygens (including phenoxy) is 1. The second-order valence-electron chi connectivity index (χ2n) is 3.07. The summed E-state index contributed by atoms with van der Waals surface area (Å²) >= 11 is 0. The molecule has 2 aromatic carbocycles. The van der Waals surface area contributed by atoms with E-state index in [1.54, 1.807) is 24.3 Å². The molecule has 0 spiro atoms. The molecular weight excluding hydrogens is 236 g/mol. The smallest absolute Gasteiger partial charge is 0.343 e. The minimum atomic E-state index is -0.332. The van der Waals surface area contributed by atoms with Gasteiger partial charge in [-0.15, -0.1) is 0 Å². The van der Waals surface area contributed by atoms with Crippen molar-refractivity contribution in [2.75, 3.05) is 0 Å². The van der Waals surface area contributed by atoms with Crippen molar-refractivity contribution in [3.8, 4) is 5.75 Å². The zero-order valence-electron chi connectivity index (χ0n) is 12.1. The van der Waals surface area contributed by atoms with Gasteiger partial charge in [0.1, 0.15) is 5.75 Å². The van der Waals surface area contributed by atoms with Gasteiger partial charge in [0.15, 0.2) is 0 Å². The third-order valence-corrected chi connectivity index (χ3v) is 1.96. The van der Waals surface area contributed by atoms with Crippen molar-refractivity contribution in [2.24, 2.45) is 0 Å². The predicted octanol–water partition coefficient (Wildman–Crippen LogP) is 4.96. The number of carbonyl (C=O) groups is 1. The van der Waals surface area contributed by atoms with Gasteiger partial charge in [-0.3, -0.25) is 0 Å². The van der Waals surface area contributed by atoms with E-state index in [2.05, 4.69) is 0 Å². The van der Waals surface area contributed by atoms with Crippen LogP contribution in [-0.2, 0) is 0 Å². The van der Waals surface area contributed by atoms with Crippen LogP contribution in [0.25, 0.3) is 0 Å². The van der Waals surface area contributed by atoms with Gasteiger partial charge in [0.05, 0.1) is 5.56 Å². The number of para-hydroxylation sites is 1. The molecule has 0 fully saturated rings. The predicted molar refractivity (Wildman–Crippen MR) is 80.5 cm³/mol. The molecule has 0 N–H and O–H groups in total. The lowest BCUT2D eigenvalue weighted by molar-refractivity contribution is 0.0735. The molecule has 0 aliphatic heterocycles. The maximum Gasteiger partial charge on any atom is 0.343 e. The van der Waals surface area contributed by atoms with Crippen molar-refractivity contribution in [3.63, 3.8) is 0 Å². The molecule has 0 saturated carbocycles. The largest absolute Gasteiger partial charge is 0.423 e. The molecule has 2 nitrogen and oxygen atoms in total. The molecule has 0 radical (unpaired) electrons. The van der Waals surface area contributed by atoms with E-state index in [-0.39, 0.29) is 5.97 Å². The van der Waals surface area contributed by atoms with E-state index in [9.17, 15) is 4.79 Å². The number of esters is 1. The van der Waals surface area contributed by atoms with Crippen LogP contribution in [0.5, 0.6) is 5.75 Å². The summed E-state index contributed by atoms with van der Waals surface area (Å²) in [6, 6.07) is 18.0. The number of rotatable bonds is 2. The highest BCUT2D eigenvalue weighted by Gasteiger charge is 2.06. The molecule has 0 atom stereocenters. The normalized spacial score (nSPS) is 8.21. The van der Waals surface area contributed by atoms with Crippen molar-refractivity contribution in [1.29, 1.82) is 0 Å². The zero-order valence-corrected chi connectivity index (χ0v) is 12.1. The summed E-state index contributed by atoms with van der Waals surface area (Å²) in [6.07, 6.45) is 0. The van der Waals surface area contributed by atoms with Crippen LogP contribution in [0.1, 0.15) is 38.1 Å².